The number of anilines is 2. The van der Waals surface area contributed by atoms with E-state index in [1.807, 2.05) is 30.0 Å². The van der Waals surface area contributed by atoms with Gasteiger partial charge in [0.25, 0.3) is 0 Å². The van der Waals surface area contributed by atoms with Crippen LogP contribution in [0.1, 0.15) is 13.3 Å². The summed E-state index contributed by atoms with van der Waals surface area (Å²) in [6.07, 6.45) is -3.73. The van der Waals surface area contributed by atoms with E-state index in [1.165, 1.54) is 0 Å². The van der Waals surface area contributed by atoms with Crippen molar-refractivity contribution >= 4 is 11.4 Å². The summed E-state index contributed by atoms with van der Waals surface area (Å²) in [5, 5.41) is 0. The molecule has 1 rings (SSSR count). The normalized spacial score (nSPS) is 11.6. The van der Waals surface area contributed by atoms with Gasteiger partial charge in [0, 0.05) is 19.7 Å². The Kier molecular flexibility index (Phi) is 5.95. The van der Waals surface area contributed by atoms with Crippen LogP contribution in [-0.2, 0) is 4.74 Å². The Balaban J connectivity index is 2.36. The van der Waals surface area contributed by atoms with Crippen LogP contribution in [0.25, 0.3) is 0 Å². The quantitative estimate of drug-likeness (QED) is 0.614. The molecule has 0 aliphatic carbocycles. The maximum atomic E-state index is 11.9. The highest BCUT2D eigenvalue weighted by Crippen LogP contribution is 2.22. The van der Waals surface area contributed by atoms with Gasteiger partial charge < -0.3 is 15.4 Å². The molecule has 0 heterocycles. The van der Waals surface area contributed by atoms with Gasteiger partial charge in [0.2, 0.25) is 0 Å². The van der Waals surface area contributed by atoms with Gasteiger partial charge in [0.15, 0.2) is 0 Å². The average Bonchev–Trinajstić information content (AvgIpc) is 2.34. The zero-order valence-electron chi connectivity index (χ0n) is 10.9. The smallest absolute Gasteiger partial charge is 0.397 e. The number of hydrogen-bond donors (Lipinski definition) is 1. The van der Waals surface area contributed by atoms with Crippen LogP contribution in [0, 0.1) is 0 Å². The Morgan fingerprint density at radius 3 is 2.53 bits per heavy atom. The SMILES string of the molecule is CCN(CCCOCC(F)(F)F)c1ccccc1N. The predicted molar refractivity (Wildman–Crippen MR) is 70.2 cm³/mol. The third-order valence-electron chi connectivity index (χ3n) is 2.64. The summed E-state index contributed by atoms with van der Waals surface area (Å²) in [5.41, 5.74) is 7.43. The van der Waals surface area contributed by atoms with Crippen molar-refractivity contribution in [3.8, 4) is 0 Å². The average molecular weight is 276 g/mol. The Hall–Kier alpha value is -1.43. The number of para-hydroxylation sites is 2. The second-order valence-electron chi connectivity index (χ2n) is 4.16. The van der Waals surface area contributed by atoms with E-state index >= 15 is 0 Å². The third-order valence-corrected chi connectivity index (χ3v) is 2.64. The molecule has 0 radical (unpaired) electrons. The molecule has 0 amide bonds. The van der Waals surface area contributed by atoms with Crippen molar-refractivity contribution in [2.75, 3.05) is 36.9 Å². The molecule has 0 spiro atoms. The van der Waals surface area contributed by atoms with Crippen molar-refractivity contribution in [3.63, 3.8) is 0 Å². The summed E-state index contributed by atoms with van der Waals surface area (Å²) in [7, 11) is 0. The van der Waals surface area contributed by atoms with Crippen molar-refractivity contribution in [1.82, 2.24) is 0 Å². The highest BCUT2D eigenvalue weighted by molar-refractivity contribution is 5.67. The van der Waals surface area contributed by atoms with Crippen molar-refractivity contribution in [2.24, 2.45) is 0 Å². The van der Waals surface area contributed by atoms with Gasteiger partial charge in [-0.2, -0.15) is 13.2 Å². The number of ether oxygens (including phenoxy) is 1. The van der Waals surface area contributed by atoms with E-state index in [2.05, 4.69) is 4.74 Å². The van der Waals surface area contributed by atoms with E-state index in [0.29, 0.717) is 18.7 Å². The molecule has 6 heteroatoms. The maximum Gasteiger partial charge on any atom is 0.411 e. The topological polar surface area (TPSA) is 38.5 Å². The van der Waals surface area contributed by atoms with Crippen LogP contribution in [0.15, 0.2) is 24.3 Å². The minimum atomic E-state index is -4.26. The maximum absolute atomic E-state index is 11.9. The van der Waals surface area contributed by atoms with Gasteiger partial charge in [0.1, 0.15) is 6.61 Å². The van der Waals surface area contributed by atoms with Crippen LogP contribution in [0.3, 0.4) is 0 Å². The van der Waals surface area contributed by atoms with E-state index in [9.17, 15) is 13.2 Å². The molecular formula is C13H19F3N2O. The number of hydrogen-bond acceptors (Lipinski definition) is 3. The lowest BCUT2D eigenvalue weighted by Gasteiger charge is -2.24. The fourth-order valence-corrected chi connectivity index (χ4v) is 1.77. The van der Waals surface area contributed by atoms with Crippen LogP contribution >= 0.6 is 0 Å². The van der Waals surface area contributed by atoms with Crippen LogP contribution in [-0.4, -0.2) is 32.5 Å². The van der Waals surface area contributed by atoms with Gasteiger partial charge in [0.05, 0.1) is 11.4 Å². The first-order valence-electron chi connectivity index (χ1n) is 6.18. The zero-order valence-corrected chi connectivity index (χ0v) is 10.9. The van der Waals surface area contributed by atoms with Crippen LogP contribution in [0.2, 0.25) is 0 Å². The molecule has 0 saturated heterocycles. The highest BCUT2D eigenvalue weighted by atomic mass is 19.4. The minimum Gasteiger partial charge on any atom is -0.397 e. The Labute approximate surface area is 111 Å². The standard InChI is InChI=1S/C13H19F3N2O/c1-2-18(12-7-4-3-6-11(12)17)8-5-9-19-10-13(14,15)16/h3-4,6-7H,2,5,8-10,17H2,1H3. The summed E-state index contributed by atoms with van der Waals surface area (Å²) in [4.78, 5) is 2.02. The van der Waals surface area contributed by atoms with Crippen molar-refractivity contribution in [1.29, 1.82) is 0 Å². The molecule has 1 aromatic rings. The van der Waals surface area contributed by atoms with E-state index in [1.54, 1.807) is 6.07 Å². The molecule has 3 nitrogen and oxygen atoms in total. The lowest BCUT2D eigenvalue weighted by Crippen LogP contribution is -2.26. The number of nitrogen functional groups attached to an aromatic ring is 1. The molecule has 19 heavy (non-hydrogen) atoms. The van der Waals surface area contributed by atoms with E-state index < -0.39 is 12.8 Å². The summed E-state index contributed by atoms with van der Waals surface area (Å²) in [6, 6.07) is 7.43. The lowest BCUT2D eigenvalue weighted by atomic mass is 10.2. The number of nitrogens with two attached hydrogens (primary N) is 1. The summed E-state index contributed by atoms with van der Waals surface area (Å²) >= 11 is 0. The molecule has 108 valence electrons. The fraction of sp³-hybridized carbons (Fsp3) is 0.538. The van der Waals surface area contributed by atoms with Gasteiger partial charge in [-0.25, -0.2) is 0 Å². The second-order valence-corrected chi connectivity index (χ2v) is 4.16. The molecule has 0 bridgehead atoms. The van der Waals surface area contributed by atoms with Gasteiger partial charge in [-0.1, -0.05) is 12.1 Å². The van der Waals surface area contributed by atoms with Gasteiger partial charge >= 0.3 is 6.18 Å². The van der Waals surface area contributed by atoms with E-state index in [4.69, 9.17) is 5.73 Å². The molecular weight excluding hydrogens is 257 g/mol. The summed E-state index contributed by atoms with van der Waals surface area (Å²) in [5.74, 6) is 0. The molecule has 0 fully saturated rings. The first-order valence-corrected chi connectivity index (χ1v) is 6.18. The first kappa shape index (κ1) is 15.6. The Morgan fingerprint density at radius 2 is 1.95 bits per heavy atom. The van der Waals surface area contributed by atoms with Crippen LogP contribution in [0.4, 0.5) is 24.5 Å². The largest absolute Gasteiger partial charge is 0.411 e. The molecule has 2 N–H and O–H groups in total. The number of alkyl halides is 3. The highest BCUT2D eigenvalue weighted by Gasteiger charge is 2.27. The van der Waals surface area contributed by atoms with Crippen molar-refractivity contribution in [3.05, 3.63) is 24.3 Å². The Morgan fingerprint density at radius 1 is 1.26 bits per heavy atom. The third kappa shape index (κ3) is 5.83. The molecule has 0 aromatic heterocycles. The fourth-order valence-electron chi connectivity index (χ4n) is 1.77. The molecule has 0 aliphatic rings. The molecule has 0 atom stereocenters. The predicted octanol–water partition coefficient (Wildman–Crippen LogP) is 3.06. The summed E-state index contributed by atoms with van der Waals surface area (Å²) in [6.45, 7) is 2.23. The van der Waals surface area contributed by atoms with Crippen molar-refractivity contribution < 1.29 is 17.9 Å². The molecule has 0 saturated carbocycles. The lowest BCUT2D eigenvalue weighted by molar-refractivity contribution is -0.173. The van der Waals surface area contributed by atoms with E-state index in [0.717, 1.165) is 12.2 Å². The van der Waals surface area contributed by atoms with Crippen LogP contribution in [0.5, 0.6) is 0 Å². The zero-order chi connectivity index (χ0) is 14.3. The molecule has 0 aliphatic heterocycles. The number of rotatable bonds is 7. The minimum absolute atomic E-state index is 0.0861. The summed E-state index contributed by atoms with van der Waals surface area (Å²) < 4.78 is 40.2. The van der Waals surface area contributed by atoms with Gasteiger partial charge in [-0.05, 0) is 25.5 Å². The molecule has 1 aromatic carbocycles. The molecule has 0 unspecified atom stereocenters. The van der Waals surface area contributed by atoms with Gasteiger partial charge in [-0.3, -0.25) is 0 Å². The number of nitrogens with zero attached hydrogens (tertiary/aromatic N) is 1. The Bertz CT molecular complexity index is 382. The first-order chi connectivity index (χ1) is 8.94. The van der Waals surface area contributed by atoms with Crippen molar-refractivity contribution in [2.45, 2.75) is 19.5 Å². The van der Waals surface area contributed by atoms with Crippen LogP contribution < -0.4 is 10.6 Å². The monoisotopic (exact) mass is 276 g/mol. The van der Waals surface area contributed by atoms with E-state index in [-0.39, 0.29) is 6.61 Å². The number of benzene rings is 1. The van der Waals surface area contributed by atoms with Gasteiger partial charge in [-0.15, -0.1) is 0 Å². The number of halogens is 3. The second kappa shape index (κ2) is 7.23.